The van der Waals surface area contributed by atoms with E-state index in [2.05, 4.69) is 15.9 Å². The lowest BCUT2D eigenvalue weighted by molar-refractivity contribution is -0.140. The molecule has 134 valence electrons. The molecule has 4 aromatic carbocycles. The zero-order chi connectivity index (χ0) is 18.8. The predicted molar refractivity (Wildman–Crippen MR) is 110 cm³/mol. The Morgan fingerprint density at radius 2 is 1.56 bits per heavy atom. The monoisotopic (exact) mass is 422 g/mol. The molecule has 0 saturated carbocycles. The van der Waals surface area contributed by atoms with Gasteiger partial charge in [-0.25, -0.2) is 4.39 Å². The van der Waals surface area contributed by atoms with Gasteiger partial charge in [0.25, 0.3) is 0 Å². The Morgan fingerprint density at radius 3 is 2.33 bits per heavy atom. The highest BCUT2D eigenvalue weighted by Crippen LogP contribution is 2.38. The van der Waals surface area contributed by atoms with Gasteiger partial charge in [0.1, 0.15) is 11.3 Å². The molecule has 0 aliphatic rings. The van der Waals surface area contributed by atoms with Crippen molar-refractivity contribution in [1.82, 2.24) is 0 Å². The Morgan fingerprint density at radius 1 is 0.889 bits per heavy atom. The second-order valence-corrected chi connectivity index (χ2v) is 6.72. The molecule has 4 rings (SSSR count). The quantitative estimate of drug-likeness (QED) is 0.287. The number of esters is 1. The van der Waals surface area contributed by atoms with Gasteiger partial charge in [-0.1, -0.05) is 66.7 Å². The Labute approximate surface area is 164 Å². The zero-order valence-corrected chi connectivity index (χ0v) is 16.0. The van der Waals surface area contributed by atoms with E-state index in [0.717, 1.165) is 32.7 Å². The minimum atomic E-state index is -0.470. The molecule has 4 aromatic rings. The Hall–Kier alpha value is -2.72. The highest BCUT2D eigenvalue weighted by Gasteiger charge is 2.19. The van der Waals surface area contributed by atoms with Gasteiger partial charge in [-0.15, -0.1) is 0 Å². The van der Waals surface area contributed by atoms with Crippen molar-refractivity contribution in [3.8, 4) is 11.1 Å². The van der Waals surface area contributed by atoms with E-state index < -0.39 is 11.8 Å². The van der Waals surface area contributed by atoms with Crippen LogP contribution in [0.3, 0.4) is 0 Å². The molecule has 0 unspecified atom stereocenters. The average molecular weight is 423 g/mol. The van der Waals surface area contributed by atoms with Crippen LogP contribution in [0.25, 0.3) is 32.7 Å². The molecule has 0 aliphatic carbocycles. The number of benzene rings is 4. The molecule has 27 heavy (non-hydrogen) atoms. The number of carbonyl (C=O) groups excluding carboxylic acids is 1. The van der Waals surface area contributed by atoms with Crippen molar-refractivity contribution >= 4 is 43.4 Å². The minimum Gasteiger partial charge on any atom is -0.454 e. The molecule has 4 heteroatoms. The third-order valence-electron chi connectivity index (χ3n) is 4.70. The normalized spacial score (nSPS) is 11.0. The fourth-order valence-electron chi connectivity index (χ4n) is 3.54. The summed E-state index contributed by atoms with van der Waals surface area (Å²) in [6.07, 6.45) is -0.124. The number of hydrogen-bond donors (Lipinski definition) is 0. The summed E-state index contributed by atoms with van der Waals surface area (Å²) in [5.74, 6) is -0.870. The van der Waals surface area contributed by atoms with Crippen LogP contribution in [0.1, 0.15) is 5.56 Å². The van der Waals surface area contributed by atoms with Crippen molar-refractivity contribution in [2.24, 2.45) is 0 Å². The first-order chi connectivity index (χ1) is 13.2. The van der Waals surface area contributed by atoms with Crippen LogP contribution in [0.4, 0.5) is 4.39 Å². The van der Waals surface area contributed by atoms with E-state index in [4.69, 9.17) is 4.74 Å². The maximum Gasteiger partial charge on any atom is 0.311 e. The van der Waals surface area contributed by atoms with Crippen LogP contribution in [0.15, 0.2) is 72.8 Å². The third kappa shape index (κ3) is 3.33. The SMILES string of the molecule is O=C(Cc1c(F)cc2ccccc2c1-c1cccc2ccccc12)OCBr. The smallest absolute Gasteiger partial charge is 0.311 e. The molecule has 0 radical (unpaired) electrons. The molecule has 0 aromatic heterocycles. The molecule has 0 fully saturated rings. The average Bonchev–Trinajstić information content (AvgIpc) is 2.68. The molecular weight excluding hydrogens is 407 g/mol. The molecule has 0 N–H and O–H groups in total. The Kier molecular flexibility index (Phi) is 4.90. The fourth-order valence-corrected chi connectivity index (χ4v) is 3.79. The lowest BCUT2D eigenvalue weighted by atomic mass is 9.88. The van der Waals surface area contributed by atoms with Crippen LogP contribution >= 0.6 is 15.9 Å². The topological polar surface area (TPSA) is 26.3 Å². The standard InChI is InChI=1S/C23H16BrFO2/c24-14-27-22(26)13-20-21(25)12-16-7-2-4-10-18(16)23(20)19-11-5-8-15-6-1-3-9-17(15)19/h1-12H,13-14H2. The molecule has 0 aliphatic heterocycles. The second kappa shape index (κ2) is 7.49. The predicted octanol–water partition coefficient (Wildman–Crippen LogP) is 6.24. The van der Waals surface area contributed by atoms with Crippen molar-refractivity contribution in [3.63, 3.8) is 0 Å². The largest absolute Gasteiger partial charge is 0.454 e. The highest BCUT2D eigenvalue weighted by molar-refractivity contribution is 9.09. The van der Waals surface area contributed by atoms with Crippen molar-refractivity contribution in [1.29, 1.82) is 0 Å². The first kappa shape index (κ1) is 17.7. The highest BCUT2D eigenvalue weighted by atomic mass is 79.9. The van der Waals surface area contributed by atoms with Gasteiger partial charge in [0, 0.05) is 5.56 Å². The summed E-state index contributed by atoms with van der Waals surface area (Å²) in [7, 11) is 0. The Balaban J connectivity index is 2.06. The van der Waals surface area contributed by atoms with Crippen molar-refractivity contribution < 1.29 is 13.9 Å². The van der Waals surface area contributed by atoms with Gasteiger partial charge in [-0.05, 0) is 54.7 Å². The summed E-state index contributed by atoms with van der Waals surface area (Å²) >= 11 is 3.08. The molecule has 0 spiro atoms. The zero-order valence-electron chi connectivity index (χ0n) is 14.4. The summed E-state index contributed by atoms with van der Waals surface area (Å²) in [5.41, 5.74) is 2.10. The number of alkyl halides is 1. The van der Waals surface area contributed by atoms with E-state index in [1.165, 1.54) is 6.07 Å². The van der Waals surface area contributed by atoms with Crippen molar-refractivity contribution in [3.05, 3.63) is 84.2 Å². The van der Waals surface area contributed by atoms with Crippen LogP contribution in [-0.4, -0.2) is 11.5 Å². The first-order valence-electron chi connectivity index (χ1n) is 8.59. The van der Waals surface area contributed by atoms with Gasteiger partial charge in [0.05, 0.1) is 6.42 Å². The first-order valence-corrected chi connectivity index (χ1v) is 9.71. The van der Waals surface area contributed by atoms with Crippen molar-refractivity contribution in [2.75, 3.05) is 5.52 Å². The van der Waals surface area contributed by atoms with Crippen LogP contribution in [-0.2, 0) is 16.0 Å². The number of halogens is 2. The summed E-state index contributed by atoms with van der Waals surface area (Å²) in [6.45, 7) is 0. The van der Waals surface area contributed by atoms with E-state index in [1.807, 2.05) is 66.7 Å². The second-order valence-electron chi connectivity index (χ2n) is 6.26. The van der Waals surface area contributed by atoms with E-state index >= 15 is 4.39 Å². The maximum atomic E-state index is 15.0. The Bertz CT molecular complexity index is 1150. The van der Waals surface area contributed by atoms with Gasteiger partial charge in [-0.3, -0.25) is 4.79 Å². The van der Waals surface area contributed by atoms with Gasteiger partial charge in [0.2, 0.25) is 0 Å². The van der Waals surface area contributed by atoms with Gasteiger partial charge in [-0.2, -0.15) is 0 Å². The molecular formula is C23H16BrFO2. The van der Waals surface area contributed by atoms with Crippen LogP contribution in [0, 0.1) is 5.82 Å². The third-order valence-corrected chi connectivity index (χ3v) is 4.93. The lowest BCUT2D eigenvalue weighted by Gasteiger charge is -2.16. The van der Waals surface area contributed by atoms with Gasteiger partial charge in [0.15, 0.2) is 0 Å². The fraction of sp³-hybridized carbons (Fsp3) is 0.0870. The molecule has 0 heterocycles. The molecule has 0 bridgehead atoms. The number of rotatable bonds is 4. The maximum absolute atomic E-state index is 15.0. The summed E-state index contributed by atoms with van der Waals surface area (Å²) in [4.78, 5) is 12.1. The van der Waals surface area contributed by atoms with Crippen LogP contribution in [0.5, 0.6) is 0 Å². The molecule has 2 nitrogen and oxygen atoms in total. The number of hydrogen-bond acceptors (Lipinski definition) is 2. The summed E-state index contributed by atoms with van der Waals surface area (Å²) in [5, 5.41) is 3.80. The van der Waals surface area contributed by atoms with Crippen LogP contribution in [0.2, 0.25) is 0 Å². The van der Waals surface area contributed by atoms with Crippen molar-refractivity contribution in [2.45, 2.75) is 6.42 Å². The number of ether oxygens (including phenoxy) is 1. The molecule has 0 atom stereocenters. The van der Waals surface area contributed by atoms with E-state index in [1.54, 1.807) is 0 Å². The minimum absolute atomic E-state index is 0.0879. The van der Waals surface area contributed by atoms with E-state index in [-0.39, 0.29) is 11.9 Å². The number of fused-ring (bicyclic) bond motifs is 2. The summed E-state index contributed by atoms with van der Waals surface area (Å²) < 4.78 is 20.0. The van der Waals surface area contributed by atoms with E-state index in [0.29, 0.717) is 5.56 Å². The molecule has 0 saturated heterocycles. The van der Waals surface area contributed by atoms with E-state index in [9.17, 15) is 4.79 Å². The summed E-state index contributed by atoms with van der Waals surface area (Å²) in [6, 6.07) is 23.1. The lowest BCUT2D eigenvalue weighted by Crippen LogP contribution is -2.09. The van der Waals surface area contributed by atoms with Gasteiger partial charge < -0.3 is 4.74 Å². The number of carbonyl (C=O) groups is 1. The molecule has 0 amide bonds. The van der Waals surface area contributed by atoms with Crippen LogP contribution < -0.4 is 0 Å². The van der Waals surface area contributed by atoms with Gasteiger partial charge >= 0.3 is 5.97 Å².